The highest BCUT2D eigenvalue weighted by atomic mass is 19.1. The van der Waals surface area contributed by atoms with Gasteiger partial charge in [-0.2, -0.15) is 5.26 Å². The molecule has 5 heteroatoms. The molecule has 1 rings (SSSR count). The lowest BCUT2D eigenvalue weighted by Gasteiger charge is -2.07. The van der Waals surface area contributed by atoms with Crippen molar-refractivity contribution in [3.05, 3.63) is 47.4 Å². The maximum atomic E-state index is 12.7. The third-order valence-corrected chi connectivity index (χ3v) is 2.12. The largest absolute Gasteiger partial charge is 0.382 e. The fourth-order valence-electron chi connectivity index (χ4n) is 1.28. The first kappa shape index (κ1) is 13.7. The third-order valence-electron chi connectivity index (χ3n) is 2.12. The zero-order chi connectivity index (χ0) is 13.5. The van der Waals surface area contributed by atoms with Gasteiger partial charge < -0.3 is 10.2 Å². The Morgan fingerprint density at radius 2 is 2.06 bits per heavy atom. The molecule has 0 aromatic heterocycles. The molecular weight excluding hydrogens is 233 g/mol. The highest BCUT2D eigenvalue weighted by molar-refractivity contribution is 5.97. The maximum Gasteiger partial charge on any atom is 0.263 e. The van der Waals surface area contributed by atoms with E-state index in [4.69, 9.17) is 5.26 Å². The number of nitriles is 1. The molecule has 0 bridgehead atoms. The summed E-state index contributed by atoms with van der Waals surface area (Å²) >= 11 is 0. The Bertz CT molecular complexity index is 486. The molecule has 0 saturated heterocycles. The van der Waals surface area contributed by atoms with Crippen LogP contribution in [0.1, 0.15) is 5.56 Å². The number of benzene rings is 1. The van der Waals surface area contributed by atoms with Crippen molar-refractivity contribution in [2.75, 3.05) is 14.1 Å². The van der Waals surface area contributed by atoms with Crippen molar-refractivity contribution in [1.29, 1.82) is 5.26 Å². The molecule has 1 N–H and O–H groups in total. The minimum absolute atomic E-state index is 0.0297. The van der Waals surface area contributed by atoms with E-state index in [2.05, 4.69) is 5.32 Å². The highest BCUT2D eigenvalue weighted by Gasteiger charge is 2.08. The molecule has 0 unspecified atom stereocenters. The van der Waals surface area contributed by atoms with Crippen molar-refractivity contribution in [1.82, 2.24) is 10.2 Å². The Hall–Kier alpha value is -2.35. The molecule has 1 amide bonds. The van der Waals surface area contributed by atoms with E-state index >= 15 is 0 Å². The molecule has 0 aliphatic rings. The van der Waals surface area contributed by atoms with Crippen molar-refractivity contribution in [2.45, 2.75) is 6.54 Å². The van der Waals surface area contributed by atoms with Crippen molar-refractivity contribution >= 4 is 5.91 Å². The van der Waals surface area contributed by atoms with Crippen LogP contribution < -0.4 is 5.32 Å². The molecular formula is C13H14FN3O. The Balaban J connectivity index is 2.61. The highest BCUT2D eigenvalue weighted by Crippen LogP contribution is 2.03. The van der Waals surface area contributed by atoms with Gasteiger partial charge in [-0.3, -0.25) is 4.79 Å². The zero-order valence-electron chi connectivity index (χ0n) is 10.3. The Kier molecular flexibility index (Phi) is 4.88. The number of halogens is 1. The van der Waals surface area contributed by atoms with Gasteiger partial charge in [-0.1, -0.05) is 12.1 Å². The van der Waals surface area contributed by atoms with Crippen LogP contribution in [0.5, 0.6) is 0 Å². The number of nitrogens with zero attached hydrogens (tertiary/aromatic N) is 2. The van der Waals surface area contributed by atoms with E-state index in [9.17, 15) is 9.18 Å². The number of rotatable bonds is 4. The van der Waals surface area contributed by atoms with Gasteiger partial charge in [0.15, 0.2) is 0 Å². The van der Waals surface area contributed by atoms with Gasteiger partial charge in [0, 0.05) is 26.8 Å². The Morgan fingerprint density at radius 1 is 1.44 bits per heavy atom. The van der Waals surface area contributed by atoms with Crippen LogP contribution in [-0.4, -0.2) is 24.9 Å². The fourth-order valence-corrected chi connectivity index (χ4v) is 1.28. The van der Waals surface area contributed by atoms with Gasteiger partial charge in [-0.15, -0.1) is 0 Å². The zero-order valence-corrected chi connectivity index (χ0v) is 10.3. The van der Waals surface area contributed by atoms with E-state index in [0.717, 1.165) is 5.56 Å². The van der Waals surface area contributed by atoms with Gasteiger partial charge in [-0.05, 0) is 17.7 Å². The van der Waals surface area contributed by atoms with Crippen LogP contribution in [0.25, 0.3) is 0 Å². The van der Waals surface area contributed by atoms with Crippen molar-refractivity contribution < 1.29 is 9.18 Å². The fraction of sp³-hybridized carbons (Fsp3) is 0.231. The van der Waals surface area contributed by atoms with E-state index in [1.54, 1.807) is 31.1 Å². The van der Waals surface area contributed by atoms with Crippen LogP contribution in [0, 0.1) is 17.1 Å². The van der Waals surface area contributed by atoms with Crippen LogP contribution in [0.3, 0.4) is 0 Å². The molecule has 0 fully saturated rings. The molecule has 0 saturated carbocycles. The van der Waals surface area contributed by atoms with E-state index < -0.39 is 5.91 Å². The van der Waals surface area contributed by atoms with Gasteiger partial charge in [0.2, 0.25) is 0 Å². The summed E-state index contributed by atoms with van der Waals surface area (Å²) in [5.74, 6) is -0.772. The SMILES string of the molecule is CN(C)/C=C(/C#N)C(=O)NCc1ccc(F)cc1. The molecule has 1 aromatic rings. The summed E-state index contributed by atoms with van der Waals surface area (Å²) in [5.41, 5.74) is 0.800. The van der Waals surface area contributed by atoms with Crippen LogP contribution in [-0.2, 0) is 11.3 Å². The number of carbonyl (C=O) groups is 1. The van der Waals surface area contributed by atoms with Gasteiger partial charge >= 0.3 is 0 Å². The first-order chi connectivity index (χ1) is 8.52. The molecule has 0 spiro atoms. The molecule has 18 heavy (non-hydrogen) atoms. The third kappa shape index (κ3) is 4.26. The Labute approximate surface area is 105 Å². The van der Waals surface area contributed by atoms with Gasteiger partial charge in [0.1, 0.15) is 17.5 Å². The van der Waals surface area contributed by atoms with Gasteiger partial charge in [0.05, 0.1) is 0 Å². The lowest BCUT2D eigenvalue weighted by atomic mass is 10.2. The van der Waals surface area contributed by atoms with Crippen molar-refractivity contribution in [3.63, 3.8) is 0 Å². The summed E-state index contributed by atoms with van der Waals surface area (Å²) in [5, 5.41) is 11.4. The maximum absolute atomic E-state index is 12.7. The Morgan fingerprint density at radius 3 is 2.56 bits per heavy atom. The van der Waals surface area contributed by atoms with E-state index in [1.807, 2.05) is 6.07 Å². The molecule has 0 radical (unpaired) electrons. The smallest absolute Gasteiger partial charge is 0.263 e. The molecule has 94 valence electrons. The number of hydrogen-bond donors (Lipinski definition) is 1. The first-order valence-corrected chi connectivity index (χ1v) is 5.34. The summed E-state index contributed by atoms with van der Waals surface area (Å²) in [6.45, 7) is 0.256. The van der Waals surface area contributed by atoms with Crippen LogP contribution in [0.4, 0.5) is 4.39 Å². The minimum atomic E-state index is -0.449. The van der Waals surface area contributed by atoms with Gasteiger partial charge in [0.25, 0.3) is 5.91 Å². The molecule has 1 aromatic carbocycles. The second-order valence-electron chi connectivity index (χ2n) is 3.93. The van der Waals surface area contributed by atoms with Crippen LogP contribution >= 0.6 is 0 Å². The van der Waals surface area contributed by atoms with Crippen molar-refractivity contribution in [2.24, 2.45) is 0 Å². The second kappa shape index (κ2) is 6.40. The predicted molar refractivity (Wildman–Crippen MR) is 65.6 cm³/mol. The second-order valence-corrected chi connectivity index (χ2v) is 3.93. The van der Waals surface area contributed by atoms with Crippen LogP contribution in [0.2, 0.25) is 0 Å². The van der Waals surface area contributed by atoms with E-state index in [0.29, 0.717) is 0 Å². The average Bonchev–Trinajstić information content (AvgIpc) is 2.34. The summed E-state index contributed by atoms with van der Waals surface area (Å²) in [6.07, 6.45) is 1.44. The number of nitrogens with one attached hydrogen (secondary N) is 1. The van der Waals surface area contributed by atoms with E-state index in [-0.39, 0.29) is 17.9 Å². The normalized spacial score (nSPS) is 10.7. The van der Waals surface area contributed by atoms with E-state index in [1.165, 1.54) is 18.3 Å². The first-order valence-electron chi connectivity index (χ1n) is 5.34. The summed E-state index contributed by atoms with van der Waals surface area (Å²) in [7, 11) is 3.45. The molecule has 0 aliphatic carbocycles. The molecule has 0 atom stereocenters. The summed E-state index contributed by atoms with van der Waals surface area (Å²) in [6, 6.07) is 7.63. The topological polar surface area (TPSA) is 56.1 Å². The van der Waals surface area contributed by atoms with Crippen molar-refractivity contribution in [3.8, 4) is 6.07 Å². The molecule has 0 heterocycles. The monoisotopic (exact) mass is 247 g/mol. The quantitative estimate of drug-likeness (QED) is 0.646. The van der Waals surface area contributed by atoms with Crippen LogP contribution in [0.15, 0.2) is 36.0 Å². The lowest BCUT2D eigenvalue weighted by Crippen LogP contribution is -2.25. The average molecular weight is 247 g/mol. The number of amides is 1. The summed E-state index contributed by atoms with van der Waals surface area (Å²) in [4.78, 5) is 13.3. The predicted octanol–water partition coefficient (Wildman–Crippen LogP) is 1.41. The number of carbonyl (C=O) groups excluding carboxylic acids is 1. The minimum Gasteiger partial charge on any atom is -0.382 e. The van der Waals surface area contributed by atoms with Gasteiger partial charge in [-0.25, -0.2) is 4.39 Å². The number of hydrogen-bond acceptors (Lipinski definition) is 3. The molecule has 4 nitrogen and oxygen atoms in total. The lowest BCUT2D eigenvalue weighted by molar-refractivity contribution is -0.117. The summed E-state index contributed by atoms with van der Waals surface area (Å²) < 4.78 is 12.7. The standard InChI is InChI=1S/C13H14FN3O/c1-17(2)9-11(7-15)13(18)16-8-10-3-5-12(14)6-4-10/h3-6,9H,8H2,1-2H3,(H,16,18)/b11-9-. The molecule has 0 aliphatic heterocycles.